The lowest BCUT2D eigenvalue weighted by atomic mass is 9.93. The number of nitrogens with one attached hydrogen (secondary N) is 2. The molecule has 11 heteroatoms. The van der Waals surface area contributed by atoms with Crippen LogP contribution in [0.4, 0.5) is 15.8 Å². The maximum Gasteiger partial charge on any atom is 0.349 e. The topological polar surface area (TPSA) is 127 Å². The van der Waals surface area contributed by atoms with Gasteiger partial charge >= 0.3 is 5.00 Å². The Morgan fingerprint density at radius 1 is 1.30 bits per heavy atom. The maximum atomic E-state index is 12.3. The summed E-state index contributed by atoms with van der Waals surface area (Å²) < 4.78 is 0. The molecule has 1 saturated heterocycles. The summed E-state index contributed by atoms with van der Waals surface area (Å²) in [5.74, 6) is -0.475. The Hall–Kier alpha value is -3.05. The fraction of sp³-hybridized carbons (Fsp3) is 0.263. The number of rotatable bonds is 4. The normalized spacial score (nSPS) is 16.7. The highest BCUT2D eigenvalue weighted by atomic mass is 32.2. The molecule has 2 heterocycles. The largest absolute Gasteiger partial charge is 0.349 e. The molecule has 0 aliphatic carbocycles. The van der Waals surface area contributed by atoms with Gasteiger partial charge in [0.2, 0.25) is 11.0 Å². The van der Waals surface area contributed by atoms with E-state index in [1.165, 1.54) is 6.92 Å². The number of hydrogen-bond acceptors (Lipinski definition) is 8. The number of amidine groups is 1. The second-order valence-electron chi connectivity index (χ2n) is 7.44. The Balaban J connectivity index is 1.82. The zero-order valence-corrected chi connectivity index (χ0v) is 18.3. The molecule has 156 valence electrons. The third-order valence-electron chi connectivity index (χ3n) is 3.85. The Morgan fingerprint density at radius 3 is 2.50 bits per heavy atom. The van der Waals surface area contributed by atoms with Gasteiger partial charge in [0.25, 0.3) is 5.91 Å². The van der Waals surface area contributed by atoms with E-state index in [9.17, 15) is 19.7 Å². The number of thioether (sulfide) groups is 1. The number of amides is 2. The van der Waals surface area contributed by atoms with Crippen LogP contribution in [0.3, 0.4) is 0 Å². The Bertz CT molecular complexity index is 1080. The lowest BCUT2D eigenvalue weighted by molar-refractivity contribution is -0.381. The van der Waals surface area contributed by atoms with Crippen LogP contribution in [0.25, 0.3) is 6.08 Å². The van der Waals surface area contributed by atoms with Gasteiger partial charge in [-0.3, -0.25) is 19.7 Å². The van der Waals surface area contributed by atoms with Crippen molar-refractivity contribution in [1.82, 2.24) is 10.3 Å². The van der Waals surface area contributed by atoms with E-state index in [-0.39, 0.29) is 21.9 Å². The number of nitrogens with zero attached hydrogens (tertiary/aromatic N) is 3. The van der Waals surface area contributed by atoms with Gasteiger partial charge in [-0.1, -0.05) is 32.9 Å². The van der Waals surface area contributed by atoms with E-state index in [4.69, 9.17) is 0 Å². The number of aromatic nitrogens is 1. The number of nitro groups is 1. The third-order valence-corrected chi connectivity index (χ3v) is 5.66. The molecular weight excluding hydrogens is 426 g/mol. The van der Waals surface area contributed by atoms with Crippen molar-refractivity contribution in [1.29, 1.82) is 0 Å². The highest BCUT2D eigenvalue weighted by Crippen LogP contribution is 2.40. The Labute approximate surface area is 180 Å². The summed E-state index contributed by atoms with van der Waals surface area (Å²) in [5.41, 5.74) is 1.30. The van der Waals surface area contributed by atoms with Crippen molar-refractivity contribution in [3.63, 3.8) is 0 Å². The van der Waals surface area contributed by atoms with E-state index in [1.54, 1.807) is 30.3 Å². The second kappa shape index (κ2) is 8.36. The summed E-state index contributed by atoms with van der Waals surface area (Å²) in [6, 6.07) is 7.04. The summed E-state index contributed by atoms with van der Waals surface area (Å²) in [7, 11) is 0. The number of anilines is 1. The van der Waals surface area contributed by atoms with Gasteiger partial charge in [-0.15, -0.1) is 0 Å². The molecule has 0 spiro atoms. The van der Waals surface area contributed by atoms with Gasteiger partial charge in [0, 0.05) is 18.0 Å². The van der Waals surface area contributed by atoms with Crippen LogP contribution >= 0.6 is 23.1 Å². The van der Waals surface area contributed by atoms with Gasteiger partial charge in [-0.2, -0.15) is 4.99 Å². The Morgan fingerprint density at radius 2 is 1.97 bits per heavy atom. The van der Waals surface area contributed by atoms with Crippen LogP contribution in [0.2, 0.25) is 0 Å². The van der Waals surface area contributed by atoms with E-state index < -0.39 is 10.3 Å². The van der Waals surface area contributed by atoms with E-state index in [0.29, 0.717) is 21.5 Å². The van der Waals surface area contributed by atoms with Crippen molar-refractivity contribution in [3.05, 3.63) is 50.5 Å². The molecule has 30 heavy (non-hydrogen) atoms. The molecule has 0 saturated carbocycles. The Kier molecular flexibility index (Phi) is 6.04. The van der Waals surface area contributed by atoms with Crippen LogP contribution in [0.1, 0.15) is 39.0 Å². The number of hydrogen-bond donors (Lipinski definition) is 2. The minimum atomic E-state index is -0.502. The van der Waals surface area contributed by atoms with Gasteiger partial charge in [0.15, 0.2) is 5.17 Å². The SMILES string of the molecule is CC(=O)Nc1ccc(C=C2SC(=Nc3nc(C(C)(C)C)c([N+](=O)[O-])s3)NC2=O)cc1. The van der Waals surface area contributed by atoms with Crippen LogP contribution in [-0.4, -0.2) is 26.9 Å². The van der Waals surface area contributed by atoms with Crippen molar-refractivity contribution in [2.45, 2.75) is 33.1 Å². The molecule has 3 rings (SSSR count). The van der Waals surface area contributed by atoms with Gasteiger partial charge < -0.3 is 10.6 Å². The molecule has 1 aliphatic heterocycles. The average molecular weight is 446 g/mol. The summed E-state index contributed by atoms with van der Waals surface area (Å²) >= 11 is 2.01. The third kappa shape index (κ3) is 5.10. The molecule has 2 amide bonds. The summed E-state index contributed by atoms with van der Waals surface area (Å²) in [6.45, 7) is 6.96. The number of carbonyl (C=O) groups excluding carboxylic acids is 2. The highest BCUT2D eigenvalue weighted by Gasteiger charge is 2.31. The predicted octanol–water partition coefficient (Wildman–Crippen LogP) is 4.20. The fourth-order valence-corrected chi connectivity index (χ4v) is 4.40. The zero-order valence-electron chi connectivity index (χ0n) is 16.7. The molecule has 0 atom stereocenters. The molecule has 0 radical (unpaired) electrons. The van der Waals surface area contributed by atoms with E-state index >= 15 is 0 Å². The van der Waals surface area contributed by atoms with Crippen LogP contribution < -0.4 is 10.6 Å². The molecule has 1 fully saturated rings. The van der Waals surface area contributed by atoms with Crippen LogP contribution in [-0.2, 0) is 15.0 Å². The van der Waals surface area contributed by atoms with E-state index in [1.807, 2.05) is 20.8 Å². The highest BCUT2D eigenvalue weighted by molar-refractivity contribution is 8.18. The maximum absolute atomic E-state index is 12.3. The lowest BCUT2D eigenvalue weighted by Gasteiger charge is -2.13. The molecule has 0 bridgehead atoms. The van der Waals surface area contributed by atoms with Crippen LogP contribution in [0.5, 0.6) is 0 Å². The van der Waals surface area contributed by atoms with E-state index in [0.717, 1.165) is 28.7 Å². The van der Waals surface area contributed by atoms with Crippen LogP contribution in [0.15, 0.2) is 34.2 Å². The first kappa shape index (κ1) is 21.7. The number of thiazole rings is 1. The zero-order chi connectivity index (χ0) is 22.1. The smallest absolute Gasteiger partial charge is 0.326 e. The van der Waals surface area contributed by atoms with Gasteiger partial charge in [0.1, 0.15) is 5.69 Å². The first-order valence-electron chi connectivity index (χ1n) is 8.86. The van der Waals surface area contributed by atoms with Gasteiger partial charge in [0.05, 0.1) is 9.83 Å². The molecule has 2 N–H and O–H groups in total. The average Bonchev–Trinajstić information content (AvgIpc) is 3.20. The van der Waals surface area contributed by atoms with Crippen molar-refractivity contribution in [2.24, 2.45) is 4.99 Å². The standard InChI is InChI=1S/C19H19N5O4S2/c1-10(25)20-12-7-5-11(6-8-12)9-13-15(26)22-18(29-13)23-17-21-14(19(2,3)4)16(30-17)24(27)28/h5-9H,1-4H3,(H,20,25)(H,21,22,23,26). The summed E-state index contributed by atoms with van der Waals surface area (Å²) in [5, 5.41) is 17.1. The molecule has 0 unspecified atom stereocenters. The number of benzene rings is 1. The van der Waals surface area contributed by atoms with E-state index in [2.05, 4.69) is 20.6 Å². The van der Waals surface area contributed by atoms with Gasteiger partial charge in [-0.25, -0.2) is 4.98 Å². The first-order chi connectivity index (χ1) is 14.0. The molecule has 1 aliphatic rings. The minimum Gasteiger partial charge on any atom is -0.326 e. The number of carbonyl (C=O) groups is 2. The van der Waals surface area contributed by atoms with Gasteiger partial charge in [-0.05, 0) is 46.9 Å². The number of aliphatic imine (C=N–C) groups is 1. The summed E-state index contributed by atoms with van der Waals surface area (Å²) in [4.78, 5) is 43.2. The molecule has 2 aromatic rings. The first-order valence-corrected chi connectivity index (χ1v) is 10.5. The van der Waals surface area contributed by atoms with Crippen molar-refractivity contribution < 1.29 is 14.5 Å². The molecule has 1 aromatic carbocycles. The lowest BCUT2D eigenvalue weighted by Crippen LogP contribution is -2.19. The van der Waals surface area contributed by atoms with Crippen molar-refractivity contribution >= 4 is 62.0 Å². The molecule has 1 aromatic heterocycles. The molecular formula is C19H19N5O4S2. The quantitative estimate of drug-likeness (QED) is 0.413. The molecule has 9 nitrogen and oxygen atoms in total. The van der Waals surface area contributed by atoms with Crippen molar-refractivity contribution in [2.75, 3.05) is 5.32 Å². The van der Waals surface area contributed by atoms with Crippen LogP contribution in [0, 0.1) is 10.1 Å². The second-order valence-corrected chi connectivity index (χ2v) is 9.43. The minimum absolute atomic E-state index is 0.0498. The summed E-state index contributed by atoms with van der Waals surface area (Å²) in [6.07, 6.45) is 1.70. The monoisotopic (exact) mass is 445 g/mol. The fourth-order valence-electron chi connectivity index (χ4n) is 2.55. The predicted molar refractivity (Wildman–Crippen MR) is 119 cm³/mol. The van der Waals surface area contributed by atoms with Crippen molar-refractivity contribution in [3.8, 4) is 0 Å².